The highest BCUT2D eigenvalue weighted by molar-refractivity contribution is 6.31. The van der Waals surface area contributed by atoms with Crippen molar-refractivity contribution in [1.82, 2.24) is 14.8 Å². The van der Waals surface area contributed by atoms with Crippen LogP contribution in [0.25, 0.3) is 10.9 Å². The zero-order valence-corrected chi connectivity index (χ0v) is 21.5. The fraction of sp³-hybridized carbons (Fsp3) is 0.448. The summed E-state index contributed by atoms with van der Waals surface area (Å²) in [6.07, 6.45) is 7.01. The van der Waals surface area contributed by atoms with Crippen molar-refractivity contribution in [3.05, 3.63) is 76.4 Å². The number of aromatic nitrogens is 1. The molecule has 2 saturated heterocycles. The lowest BCUT2D eigenvalue weighted by Crippen LogP contribution is -2.35. The molecule has 3 aromatic rings. The summed E-state index contributed by atoms with van der Waals surface area (Å²) in [6.45, 7) is 5.91. The fourth-order valence-corrected chi connectivity index (χ4v) is 5.09. The molecule has 35 heavy (non-hydrogen) atoms. The summed E-state index contributed by atoms with van der Waals surface area (Å²) >= 11 is 6.10. The standard InChI is InChI=1S/C15H16N2O.C14H20ClNO/c18-15(17-9-2-1-3-10-17)13-6-7-14-12(11-13)5-4-8-16-14;1-10-3-4-12(9-13(10)15)14(17)11-5-7-16(2)8-6-11/h4-8,11H,1-3,9-10H2;3-4,9,11,14,17H,5-8H2,1-2H3. The normalized spacial score (nSPS) is 18.1. The van der Waals surface area contributed by atoms with E-state index in [2.05, 4.69) is 16.9 Å². The molecule has 2 aliphatic heterocycles. The topological polar surface area (TPSA) is 56.7 Å². The molecule has 1 N–H and O–H groups in total. The van der Waals surface area contributed by atoms with E-state index < -0.39 is 0 Å². The average molecular weight is 494 g/mol. The van der Waals surface area contributed by atoms with Crippen LogP contribution in [0.2, 0.25) is 5.02 Å². The summed E-state index contributed by atoms with van der Waals surface area (Å²) in [5.41, 5.74) is 3.73. The van der Waals surface area contributed by atoms with Gasteiger partial charge in [0.25, 0.3) is 5.91 Å². The van der Waals surface area contributed by atoms with Gasteiger partial charge in [-0.3, -0.25) is 9.78 Å². The van der Waals surface area contributed by atoms with Gasteiger partial charge in [0, 0.05) is 35.3 Å². The van der Waals surface area contributed by atoms with Crippen LogP contribution in [0.3, 0.4) is 0 Å². The third kappa shape index (κ3) is 6.60. The van der Waals surface area contributed by atoms with Gasteiger partial charge >= 0.3 is 0 Å². The molecule has 2 fully saturated rings. The van der Waals surface area contributed by atoms with E-state index >= 15 is 0 Å². The van der Waals surface area contributed by atoms with Crippen LogP contribution >= 0.6 is 11.6 Å². The van der Waals surface area contributed by atoms with Crippen molar-refractivity contribution in [2.75, 3.05) is 33.2 Å². The lowest BCUT2D eigenvalue weighted by molar-refractivity contribution is 0.0657. The number of hydrogen-bond donors (Lipinski definition) is 1. The molecule has 0 spiro atoms. The molecule has 0 bridgehead atoms. The van der Waals surface area contributed by atoms with Crippen molar-refractivity contribution in [3.63, 3.8) is 0 Å². The summed E-state index contributed by atoms with van der Waals surface area (Å²) < 4.78 is 0. The van der Waals surface area contributed by atoms with E-state index in [0.717, 1.165) is 84.5 Å². The number of likely N-dealkylation sites (tertiary alicyclic amines) is 2. The predicted molar refractivity (Wildman–Crippen MR) is 143 cm³/mol. The van der Waals surface area contributed by atoms with E-state index in [1.54, 1.807) is 6.20 Å². The Morgan fingerprint density at radius 3 is 2.49 bits per heavy atom. The fourth-order valence-electron chi connectivity index (χ4n) is 4.90. The van der Waals surface area contributed by atoms with Crippen molar-refractivity contribution in [3.8, 4) is 0 Å². The first-order chi connectivity index (χ1) is 16.9. The number of carbonyl (C=O) groups excluding carboxylic acids is 1. The maximum Gasteiger partial charge on any atom is 0.253 e. The van der Waals surface area contributed by atoms with Crippen molar-refractivity contribution in [2.24, 2.45) is 5.92 Å². The van der Waals surface area contributed by atoms with Gasteiger partial charge in [0.1, 0.15) is 0 Å². The molecule has 3 heterocycles. The van der Waals surface area contributed by atoms with E-state index in [-0.39, 0.29) is 12.0 Å². The first-order valence-corrected chi connectivity index (χ1v) is 13.1. The summed E-state index contributed by atoms with van der Waals surface area (Å²) in [7, 11) is 2.13. The van der Waals surface area contributed by atoms with Crippen LogP contribution in [-0.4, -0.2) is 59.0 Å². The number of rotatable bonds is 3. The number of nitrogens with zero attached hydrogens (tertiary/aromatic N) is 3. The van der Waals surface area contributed by atoms with E-state index in [0.29, 0.717) is 5.92 Å². The molecule has 5 rings (SSSR count). The molecule has 5 nitrogen and oxygen atoms in total. The number of piperidine rings is 2. The number of amides is 1. The molecule has 1 amide bonds. The minimum atomic E-state index is -0.373. The van der Waals surface area contributed by atoms with Gasteiger partial charge in [0.2, 0.25) is 0 Å². The highest BCUT2D eigenvalue weighted by atomic mass is 35.5. The van der Waals surface area contributed by atoms with Gasteiger partial charge in [-0.05, 0) is 107 Å². The van der Waals surface area contributed by atoms with E-state index in [1.807, 2.05) is 60.4 Å². The van der Waals surface area contributed by atoms with Gasteiger partial charge in [-0.1, -0.05) is 29.8 Å². The highest BCUT2D eigenvalue weighted by Crippen LogP contribution is 2.32. The Balaban J connectivity index is 0.000000165. The molecule has 0 radical (unpaired) electrons. The SMILES string of the molecule is Cc1ccc(C(O)C2CCN(C)CC2)cc1Cl.O=C(c1ccc2ncccc2c1)N1CCCCC1. The van der Waals surface area contributed by atoms with Crippen molar-refractivity contribution >= 4 is 28.4 Å². The lowest BCUT2D eigenvalue weighted by Gasteiger charge is -2.32. The van der Waals surface area contributed by atoms with Gasteiger partial charge in [0.05, 0.1) is 11.6 Å². The Bertz CT molecular complexity index is 1140. The minimum Gasteiger partial charge on any atom is -0.388 e. The third-order valence-corrected chi connectivity index (χ3v) is 7.65. The number of aliphatic hydroxyl groups is 1. The van der Waals surface area contributed by atoms with Crippen molar-refractivity contribution in [1.29, 1.82) is 0 Å². The van der Waals surface area contributed by atoms with Crippen LogP contribution in [0.4, 0.5) is 0 Å². The molecule has 186 valence electrons. The summed E-state index contributed by atoms with van der Waals surface area (Å²) in [6, 6.07) is 15.5. The highest BCUT2D eigenvalue weighted by Gasteiger charge is 2.25. The van der Waals surface area contributed by atoms with Gasteiger partial charge in [-0.2, -0.15) is 0 Å². The Kier molecular flexibility index (Phi) is 8.77. The minimum absolute atomic E-state index is 0.153. The molecular formula is C29H36ClN3O2. The molecule has 1 atom stereocenters. The number of halogens is 1. The van der Waals surface area contributed by atoms with E-state index in [4.69, 9.17) is 11.6 Å². The molecule has 2 aliphatic rings. The van der Waals surface area contributed by atoms with Gasteiger partial charge in [-0.25, -0.2) is 0 Å². The molecule has 2 aromatic carbocycles. The van der Waals surface area contributed by atoms with Crippen LogP contribution in [0.5, 0.6) is 0 Å². The second-order valence-corrected chi connectivity index (χ2v) is 10.3. The number of fused-ring (bicyclic) bond motifs is 1. The maximum absolute atomic E-state index is 12.3. The molecule has 0 saturated carbocycles. The quantitative estimate of drug-likeness (QED) is 0.494. The van der Waals surface area contributed by atoms with Gasteiger partial charge in [0.15, 0.2) is 0 Å². The summed E-state index contributed by atoms with van der Waals surface area (Å²) in [4.78, 5) is 20.9. The lowest BCUT2D eigenvalue weighted by atomic mass is 9.87. The zero-order chi connectivity index (χ0) is 24.8. The summed E-state index contributed by atoms with van der Waals surface area (Å²) in [5, 5.41) is 12.1. The Hall–Kier alpha value is -2.47. The third-order valence-electron chi connectivity index (χ3n) is 7.24. The van der Waals surface area contributed by atoms with E-state index in [9.17, 15) is 9.90 Å². The first-order valence-electron chi connectivity index (χ1n) is 12.7. The number of carbonyl (C=O) groups is 1. The second kappa shape index (κ2) is 12.0. The smallest absolute Gasteiger partial charge is 0.253 e. The molecule has 1 aromatic heterocycles. The summed E-state index contributed by atoms with van der Waals surface area (Å²) in [5.74, 6) is 0.519. The first kappa shape index (κ1) is 25.6. The molecule has 6 heteroatoms. The van der Waals surface area contributed by atoms with Crippen LogP contribution in [-0.2, 0) is 0 Å². The number of aryl methyl sites for hydroxylation is 1. The van der Waals surface area contributed by atoms with Crippen LogP contribution in [0.1, 0.15) is 59.7 Å². The largest absolute Gasteiger partial charge is 0.388 e. The Morgan fingerprint density at radius 1 is 1.03 bits per heavy atom. The van der Waals surface area contributed by atoms with Gasteiger partial charge in [-0.15, -0.1) is 0 Å². The number of aliphatic hydroxyl groups excluding tert-OH is 1. The number of hydrogen-bond acceptors (Lipinski definition) is 4. The Labute approximate surface area is 213 Å². The second-order valence-electron chi connectivity index (χ2n) is 9.86. The average Bonchev–Trinajstić information content (AvgIpc) is 2.90. The van der Waals surface area contributed by atoms with Crippen molar-refractivity contribution < 1.29 is 9.90 Å². The number of benzene rings is 2. The van der Waals surface area contributed by atoms with Crippen molar-refractivity contribution in [2.45, 2.75) is 45.1 Å². The van der Waals surface area contributed by atoms with Crippen LogP contribution in [0, 0.1) is 12.8 Å². The monoisotopic (exact) mass is 493 g/mol. The van der Waals surface area contributed by atoms with E-state index in [1.165, 1.54) is 6.42 Å². The van der Waals surface area contributed by atoms with Crippen LogP contribution < -0.4 is 0 Å². The maximum atomic E-state index is 12.3. The Morgan fingerprint density at radius 2 is 1.77 bits per heavy atom. The molecule has 0 aliphatic carbocycles. The number of pyridine rings is 1. The molecule has 1 unspecified atom stereocenters. The van der Waals surface area contributed by atoms with Crippen LogP contribution in [0.15, 0.2) is 54.7 Å². The predicted octanol–water partition coefficient (Wildman–Crippen LogP) is 5.88. The van der Waals surface area contributed by atoms with Gasteiger partial charge < -0.3 is 14.9 Å². The molecular weight excluding hydrogens is 458 g/mol. The zero-order valence-electron chi connectivity index (χ0n) is 20.8.